The molecule has 100 valence electrons. The van der Waals surface area contributed by atoms with Gasteiger partial charge in [-0.2, -0.15) is 0 Å². The summed E-state index contributed by atoms with van der Waals surface area (Å²) in [7, 11) is 1.57. The number of Topliss-reactive ketones (excluding diaryl/α,β-unsaturated/α-hetero) is 1. The topological polar surface area (TPSA) is 46.5 Å². The largest absolute Gasteiger partial charge is 0.496 e. The summed E-state index contributed by atoms with van der Waals surface area (Å²) in [6.45, 7) is 3.64. The van der Waals surface area contributed by atoms with Crippen molar-refractivity contribution in [3.8, 4) is 5.75 Å². The van der Waals surface area contributed by atoms with Gasteiger partial charge in [-0.25, -0.2) is 0 Å². The highest BCUT2D eigenvalue weighted by atomic mass is 79.9. The fourth-order valence-corrected chi connectivity index (χ4v) is 2.28. The van der Waals surface area contributed by atoms with Crippen molar-refractivity contribution in [1.82, 2.24) is 0 Å². The van der Waals surface area contributed by atoms with E-state index in [1.807, 2.05) is 32.0 Å². The molecule has 0 bridgehead atoms. The third-order valence-corrected chi connectivity index (χ3v) is 3.78. The monoisotopic (exact) mass is 314 g/mol. The van der Waals surface area contributed by atoms with Crippen molar-refractivity contribution < 1.29 is 14.6 Å². The first kappa shape index (κ1) is 15.2. The second-order valence-corrected chi connectivity index (χ2v) is 5.21. The predicted molar refractivity (Wildman–Crippen MR) is 74.9 cm³/mol. The molecule has 1 rings (SSSR count). The molecule has 0 spiro atoms. The van der Waals surface area contributed by atoms with Crippen LogP contribution < -0.4 is 4.74 Å². The summed E-state index contributed by atoms with van der Waals surface area (Å²) in [5.74, 6) is 0.505. The molecule has 3 nitrogen and oxygen atoms in total. The number of carbonyl (C=O) groups excluding carboxylic acids is 1. The maximum Gasteiger partial charge on any atom is 0.168 e. The highest BCUT2D eigenvalue weighted by Gasteiger charge is 2.31. The third-order valence-electron chi connectivity index (χ3n) is 3.28. The SMILES string of the molecule is CCC(O)(CC)C(=O)Cc1cc(Br)ccc1OC. The molecule has 18 heavy (non-hydrogen) atoms. The Morgan fingerprint density at radius 1 is 1.39 bits per heavy atom. The molecule has 0 heterocycles. The summed E-state index contributed by atoms with van der Waals surface area (Å²) in [5, 5.41) is 10.2. The van der Waals surface area contributed by atoms with Gasteiger partial charge in [-0.1, -0.05) is 29.8 Å². The second kappa shape index (κ2) is 6.34. The average Bonchev–Trinajstić information content (AvgIpc) is 2.38. The first-order valence-electron chi connectivity index (χ1n) is 6.05. The van der Waals surface area contributed by atoms with Crippen molar-refractivity contribution in [2.24, 2.45) is 0 Å². The minimum atomic E-state index is -1.23. The van der Waals surface area contributed by atoms with Crippen LogP contribution in [0, 0.1) is 0 Å². The first-order valence-corrected chi connectivity index (χ1v) is 6.84. The molecule has 0 atom stereocenters. The molecule has 0 unspecified atom stereocenters. The number of halogens is 1. The van der Waals surface area contributed by atoms with Gasteiger partial charge in [0.25, 0.3) is 0 Å². The van der Waals surface area contributed by atoms with Crippen molar-refractivity contribution >= 4 is 21.7 Å². The zero-order chi connectivity index (χ0) is 13.8. The molecule has 0 radical (unpaired) electrons. The van der Waals surface area contributed by atoms with Gasteiger partial charge >= 0.3 is 0 Å². The van der Waals surface area contributed by atoms with Crippen LogP contribution >= 0.6 is 15.9 Å². The molecule has 0 fully saturated rings. The normalized spacial score (nSPS) is 11.4. The minimum absolute atomic E-state index is 0.163. The van der Waals surface area contributed by atoms with Crippen LogP contribution in [0.3, 0.4) is 0 Å². The summed E-state index contributed by atoms with van der Waals surface area (Å²) in [6.07, 6.45) is 1.04. The average molecular weight is 315 g/mol. The number of ketones is 1. The summed E-state index contributed by atoms with van der Waals surface area (Å²) >= 11 is 3.37. The van der Waals surface area contributed by atoms with E-state index in [1.165, 1.54) is 0 Å². The molecule has 0 aromatic heterocycles. The quantitative estimate of drug-likeness (QED) is 0.877. The van der Waals surface area contributed by atoms with Gasteiger partial charge in [-0.15, -0.1) is 0 Å². The lowest BCUT2D eigenvalue weighted by atomic mass is 9.88. The summed E-state index contributed by atoms with van der Waals surface area (Å²) in [4.78, 5) is 12.2. The molecule has 1 N–H and O–H groups in total. The van der Waals surface area contributed by atoms with Crippen LogP contribution in [0.4, 0.5) is 0 Å². The first-order chi connectivity index (χ1) is 8.46. The van der Waals surface area contributed by atoms with E-state index in [9.17, 15) is 9.90 Å². The van der Waals surface area contributed by atoms with Gasteiger partial charge in [-0.3, -0.25) is 4.79 Å². The molecule has 0 saturated heterocycles. The van der Waals surface area contributed by atoms with E-state index in [0.717, 1.165) is 10.0 Å². The third kappa shape index (κ3) is 3.33. The highest BCUT2D eigenvalue weighted by molar-refractivity contribution is 9.10. The Morgan fingerprint density at radius 2 is 2.00 bits per heavy atom. The smallest absolute Gasteiger partial charge is 0.168 e. The van der Waals surface area contributed by atoms with Crippen LogP contribution in [-0.2, 0) is 11.2 Å². The second-order valence-electron chi connectivity index (χ2n) is 4.29. The Morgan fingerprint density at radius 3 is 2.50 bits per heavy atom. The van der Waals surface area contributed by atoms with Gasteiger partial charge in [0.1, 0.15) is 11.4 Å². The van der Waals surface area contributed by atoms with Crippen LogP contribution in [0.2, 0.25) is 0 Å². The van der Waals surface area contributed by atoms with Gasteiger partial charge in [0.05, 0.1) is 7.11 Å². The Kier molecular flexibility index (Phi) is 5.35. The Labute approximate surface area is 116 Å². The van der Waals surface area contributed by atoms with E-state index < -0.39 is 5.60 Å². The highest BCUT2D eigenvalue weighted by Crippen LogP contribution is 2.26. The summed E-state index contributed by atoms with van der Waals surface area (Å²) < 4.78 is 6.12. The standard InChI is InChI=1S/C14H19BrO3/c1-4-14(17,5-2)13(16)9-10-8-11(15)6-7-12(10)18-3/h6-8,17H,4-5,9H2,1-3H3. The van der Waals surface area contributed by atoms with Crippen LogP contribution in [0.15, 0.2) is 22.7 Å². The van der Waals surface area contributed by atoms with E-state index in [4.69, 9.17) is 4.74 Å². The van der Waals surface area contributed by atoms with Crippen LogP contribution in [-0.4, -0.2) is 23.6 Å². The number of rotatable bonds is 6. The number of carbonyl (C=O) groups is 1. The Bertz CT molecular complexity index is 425. The van der Waals surface area contributed by atoms with E-state index in [0.29, 0.717) is 18.6 Å². The number of methoxy groups -OCH3 is 1. The van der Waals surface area contributed by atoms with E-state index in [2.05, 4.69) is 15.9 Å². The molecular formula is C14H19BrO3. The fraction of sp³-hybridized carbons (Fsp3) is 0.500. The number of aliphatic hydroxyl groups is 1. The maximum absolute atomic E-state index is 12.2. The van der Waals surface area contributed by atoms with Gasteiger partial charge in [0.15, 0.2) is 5.78 Å². The Hall–Kier alpha value is -0.870. The van der Waals surface area contributed by atoms with Gasteiger partial charge < -0.3 is 9.84 Å². The number of ether oxygens (including phenoxy) is 1. The van der Waals surface area contributed by atoms with Crippen molar-refractivity contribution in [2.45, 2.75) is 38.7 Å². The van der Waals surface area contributed by atoms with E-state index >= 15 is 0 Å². The van der Waals surface area contributed by atoms with Gasteiger partial charge in [-0.05, 0) is 31.0 Å². The Balaban J connectivity index is 2.97. The molecule has 1 aromatic carbocycles. The van der Waals surface area contributed by atoms with Crippen molar-refractivity contribution in [3.63, 3.8) is 0 Å². The van der Waals surface area contributed by atoms with Crippen molar-refractivity contribution in [3.05, 3.63) is 28.2 Å². The molecular weight excluding hydrogens is 296 g/mol. The van der Waals surface area contributed by atoms with Gasteiger partial charge in [0.2, 0.25) is 0 Å². The lowest BCUT2D eigenvalue weighted by molar-refractivity contribution is -0.137. The van der Waals surface area contributed by atoms with Crippen LogP contribution in [0.5, 0.6) is 5.75 Å². The van der Waals surface area contributed by atoms with E-state index in [-0.39, 0.29) is 12.2 Å². The van der Waals surface area contributed by atoms with Gasteiger partial charge in [0, 0.05) is 16.5 Å². The molecule has 0 amide bonds. The minimum Gasteiger partial charge on any atom is -0.496 e. The number of hydrogen-bond acceptors (Lipinski definition) is 3. The molecule has 0 aliphatic rings. The molecule has 1 aromatic rings. The summed E-state index contributed by atoms with van der Waals surface area (Å²) in [5.41, 5.74) is -0.440. The van der Waals surface area contributed by atoms with Crippen LogP contribution in [0.1, 0.15) is 32.3 Å². The zero-order valence-electron chi connectivity index (χ0n) is 11.0. The van der Waals surface area contributed by atoms with Crippen molar-refractivity contribution in [2.75, 3.05) is 7.11 Å². The predicted octanol–water partition coefficient (Wildman–Crippen LogP) is 3.12. The molecule has 0 saturated carbocycles. The van der Waals surface area contributed by atoms with E-state index in [1.54, 1.807) is 7.11 Å². The zero-order valence-corrected chi connectivity index (χ0v) is 12.6. The molecule has 0 aliphatic carbocycles. The number of benzene rings is 1. The summed E-state index contributed by atoms with van der Waals surface area (Å²) in [6, 6.07) is 5.52. The molecule has 4 heteroatoms. The fourth-order valence-electron chi connectivity index (χ4n) is 1.87. The van der Waals surface area contributed by atoms with Crippen LogP contribution in [0.25, 0.3) is 0 Å². The lowest BCUT2D eigenvalue weighted by Crippen LogP contribution is -2.38. The molecule has 0 aliphatic heterocycles. The maximum atomic E-state index is 12.2. The number of hydrogen-bond donors (Lipinski definition) is 1. The lowest BCUT2D eigenvalue weighted by Gasteiger charge is -2.23. The van der Waals surface area contributed by atoms with Crippen molar-refractivity contribution in [1.29, 1.82) is 0 Å².